The Kier molecular flexibility index (Phi) is 6.71. The van der Waals surface area contributed by atoms with Gasteiger partial charge in [0.1, 0.15) is 5.82 Å². The Morgan fingerprint density at radius 3 is 2.61 bits per heavy atom. The smallest absolute Gasteiger partial charge is 0.246 e. The van der Waals surface area contributed by atoms with Gasteiger partial charge in [0.2, 0.25) is 5.91 Å². The van der Waals surface area contributed by atoms with E-state index in [2.05, 4.69) is 20.3 Å². The van der Waals surface area contributed by atoms with Gasteiger partial charge in [0.25, 0.3) is 0 Å². The fourth-order valence-corrected chi connectivity index (χ4v) is 3.32. The molecule has 0 spiro atoms. The fourth-order valence-electron chi connectivity index (χ4n) is 3.32. The summed E-state index contributed by atoms with van der Waals surface area (Å²) in [5.41, 5.74) is 2.01. The van der Waals surface area contributed by atoms with Crippen LogP contribution in [0.5, 0.6) is 0 Å². The van der Waals surface area contributed by atoms with Crippen LogP contribution in [0.4, 0.5) is 11.6 Å². The number of hydrogen-bond donors (Lipinski definition) is 1. The van der Waals surface area contributed by atoms with Gasteiger partial charge in [0.15, 0.2) is 5.82 Å². The fraction of sp³-hybridized carbons (Fsp3) is 0.429. The maximum atomic E-state index is 12.3. The summed E-state index contributed by atoms with van der Waals surface area (Å²) in [6.45, 7) is 4.24. The van der Waals surface area contributed by atoms with E-state index in [1.165, 1.54) is 0 Å². The average molecular weight is 380 g/mol. The lowest BCUT2D eigenvalue weighted by atomic mass is 9.93. The number of piperidine rings is 1. The van der Waals surface area contributed by atoms with Crippen molar-refractivity contribution in [3.05, 3.63) is 54.1 Å². The van der Waals surface area contributed by atoms with E-state index in [-0.39, 0.29) is 11.8 Å². The zero-order chi connectivity index (χ0) is 19.9. The van der Waals surface area contributed by atoms with Crippen LogP contribution in [-0.2, 0) is 4.79 Å². The molecule has 0 radical (unpaired) electrons. The van der Waals surface area contributed by atoms with E-state index in [1.54, 1.807) is 24.7 Å². The number of likely N-dealkylation sites (N-methyl/N-ethyl adjacent to an activating group) is 1. The molecule has 1 N–H and O–H groups in total. The van der Waals surface area contributed by atoms with Crippen LogP contribution in [0, 0.1) is 6.92 Å². The van der Waals surface area contributed by atoms with Crippen molar-refractivity contribution in [3.63, 3.8) is 0 Å². The van der Waals surface area contributed by atoms with Crippen LogP contribution in [0.3, 0.4) is 0 Å². The highest BCUT2D eigenvalue weighted by atomic mass is 16.2. The molecule has 0 aliphatic carbocycles. The van der Waals surface area contributed by atoms with Gasteiger partial charge in [0.05, 0.1) is 5.69 Å². The molecule has 1 amide bonds. The van der Waals surface area contributed by atoms with Gasteiger partial charge in [-0.25, -0.2) is 9.97 Å². The van der Waals surface area contributed by atoms with Crippen molar-refractivity contribution in [2.24, 2.45) is 0 Å². The Bertz CT molecular complexity index is 827. The molecule has 0 unspecified atom stereocenters. The van der Waals surface area contributed by atoms with E-state index in [4.69, 9.17) is 0 Å². The number of nitrogens with one attached hydrogen (secondary N) is 1. The number of aryl methyl sites for hydroxylation is 1. The summed E-state index contributed by atoms with van der Waals surface area (Å²) in [6, 6.07) is 3.93. The van der Waals surface area contributed by atoms with E-state index in [0.29, 0.717) is 0 Å². The molecule has 0 bridgehead atoms. The zero-order valence-corrected chi connectivity index (χ0v) is 16.8. The highest BCUT2D eigenvalue weighted by Crippen LogP contribution is 2.31. The first kappa shape index (κ1) is 19.9. The number of anilines is 2. The van der Waals surface area contributed by atoms with Crippen molar-refractivity contribution in [3.8, 4) is 0 Å². The monoisotopic (exact) mass is 380 g/mol. The lowest BCUT2D eigenvalue weighted by molar-refractivity contribution is -0.127. The number of nitrogens with zero attached hydrogens (tertiary/aromatic N) is 5. The van der Waals surface area contributed by atoms with Crippen molar-refractivity contribution in [2.75, 3.05) is 39.0 Å². The van der Waals surface area contributed by atoms with Crippen LogP contribution in [0.25, 0.3) is 0 Å². The lowest BCUT2D eigenvalue weighted by Gasteiger charge is -2.31. The maximum Gasteiger partial charge on any atom is 0.246 e. The first-order valence-corrected chi connectivity index (χ1v) is 9.64. The molecule has 1 saturated heterocycles. The van der Waals surface area contributed by atoms with Crippen LogP contribution >= 0.6 is 0 Å². The minimum Gasteiger partial charge on any atom is -0.339 e. The summed E-state index contributed by atoms with van der Waals surface area (Å²) in [4.78, 5) is 29.8. The maximum absolute atomic E-state index is 12.3. The quantitative estimate of drug-likeness (QED) is 0.777. The number of aromatic nitrogens is 3. The van der Waals surface area contributed by atoms with E-state index in [0.717, 1.165) is 55.4 Å². The molecule has 148 valence electrons. The topological polar surface area (TPSA) is 74.2 Å². The molecule has 1 fully saturated rings. The zero-order valence-electron chi connectivity index (χ0n) is 16.8. The molecule has 1 aliphatic rings. The second-order valence-electron chi connectivity index (χ2n) is 7.35. The van der Waals surface area contributed by atoms with Crippen LogP contribution in [0.1, 0.15) is 30.0 Å². The summed E-state index contributed by atoms with van der Waals surface area (Å²) in [5, 5.41) is 3.33. The van der Waals surface area contributed by atoms with Gasteiger partial charge in [-0.05, 0) is 45.5 Å². The Morgan fingerprint density at radius 2 is 1.89 bits per heavy atom. The van der Waals surface area contributed by atoms with Gasteiger partial charge < -0.3 is 15.1 Å². The minimum atomic E-state index is 0.0851. The van der Waals surface area contributed by atoms with Gasteiger partial charge >= 0.3 is 0 Å². The molecule has 3 rings (SSSR count). The molecule has 7 nitrogen and oxygen atoms in total. The standard InChI is InChI=1S/C21H28N6O/c1-16-6-4-10-23-20(16)25-21-19(22-11-12-24-21)17-8-14-27(15-9-17)18(28)7-5-13-26(2)3/h4-7,10-12,17H,8-9,13-15H2,1-3H3,(H,23,24,25)/b7-5+. The van der Waals surface area contributed by atoms with Gasteiger partial charge in [-0.1, -0.05) is 12.1 Å². The van der Waals surface area contributed by atoms with Crippen LogP contribution < -0.4 is 5.32 Å². The molecule has 2 aromatic rings. The van der Waals surface area contributed by atoms with Gasteiger partial charge in [-0.2, -0.15) is 0 Å². The van der Waals surface area contributed by atoms with Crippen LogP contribution in [-0.4, -0.2) is 64.4 Å². The number of likely N-dealkylation sites (tertiary alicyclic amines) is 1. The highest BCUT2D eigenvalue weighted by Gasteiger charge is 2.26. The summed E-state index contributed by atoms with van der Waals surface area (Å²) in [6.07, 6.45) is 10.5. The molecule has 3 heterocycles. The molecule has 7 heteroatoms. The third-order valence-electron chi connectivity index (χ3n) is 4.90. The lowest BCUT2D eigenvalue weighted by Crippen LogP contribution is -2.37. The Labute approximate surface area is 166 Å². The van der Waals surface area contributed by atoms with Crippen LogP contribution in [0.15, 0.2) is 42.9 Å². The van der Waals surface area contributed by atoms with Gasteiger partial charge in [-0.3, -0.25) is 9.78 Å². The summed E-state index contributed by atoms with van der Waals surface area (Å²) < 4.78 is 0. The second kappa shape index (κ2) is 9.41. The molecular weight excluding hydrogens is 352 g/mol. The number of carbonyl (C=O) groups is 1. The Balaban J connectivity index is 1.64. The Morgan fingerprint density at radius 1 is 1.18 bits per heavy atom. The molecule has 0 saturated carbocycles. The predicted molar refractivity (Wildman–Crippen MR) is 111 cm³/mol. The SMILES string of the molecule is Cc1cccnc1Nc1nccnc1C1CCN(C(=O)/C=C/CN(C)C)CC1. The average Bonchev–Trinajstić information content (AvgIpc) is 2.70. The van der Waals surface area contributed by atoms with Crippen molar-refractivity contribution in [2.45, 2.75) is 25.7 Å². The van der Waals surface area contributed by atoms with Crippen LogP contribution in [0.2, 0.25) is 0 Å². The molecule has 0 aromatic carbocycles. The minimum absolute atomic E-state index is 0.0851. The van der Waals surface area contributed by atoms with Crippen molar-refractivity contribution in [1.29, 1.82) is 0 Å². The first-order valence-electron chi connectivity index (χ1n) is 9.64. The number of rotatable bonds is 6. The normalized spacial score (nSPS) is 15.4. The van der Waals surface area contributed by atoms with E-state index < -0.39 is 0 Å². The van der Waals surface area contributed by atoms with Crippen molar-refractivity contribution in [1.82, 2.24) is 24.8 Å². The molecule has 1 aliphatic heterocycles. The molecule has 0 atom stereocenters. The van der Waals surface area contributed by atoms with E-state index >= 15 is 0 Å². The van der Waals surface area contributed by atoms with Crippen molar-refractivity contribution < 1.29 is 4.79 Å². The Hall–Kier alpha value is -2.80. The molecule has 2 aromatic heterocycles. The summed E-state index contributed by atoms with van der Waals surface area (Å²) in [7, 11) is 3.97. The number of pyridine rings is 1. The van der Waals surface area contributed by atoms with Gasteiger partial charge in [-0.15, -0.1) is 0 Å². The number of hydrogen-bond acceptors (Lipinski definition) is 6. The molecule has 28 heavy (non-hydrogen) atoms. The third kappa shape index (κ3) is 5.13. The summed E-state index contributed by atoms with van der Waals surface area (Å²) >= 11 is 0. The molecular formula is C21H28N6O. The number of carbonyl (C=O) groups excluding carboxylic acids is 1. The predicted octanol–water partition coefficient (Wildman–Crippen LogP) is 2.75. The van der Waals surface area contributed by atoms with Gasteiger partial charge in [0, 0.05) is 50.2 Å². The van der Waals surface area contributed by atoms with E-state index in [9.17, 15) is 4.79 Å². The largest absolute Gasteiger partial charge is 0.339 e. The number of amides is 1. The second-order valence-corrected chi connectivity index (χ2v) is 7.35. The van der Waals surface area contributed by atoms with Crippen molar-refractivity contribution >= 4 is 17.5 Å². The first-order chi connectivity index (χ1) is 13.5. The highest BCUT2D eigenvalue weighted by molar-refractivity contribution is 5.87. The summed E-state index contributed by atoms with van der Waals surface area (Å²) in [5.74, 6) is 1.90. The van der Waals surface area contributed by atoms with E-state index in [1.807, 2.05) is 49.0 Å². The third-order valence-corrected chi connectivity index (χ3v) is 4.90.